The number of nitrogens with zero attached hydrogens (tertiary/aromatic N) is 2. The number of para-hydroxylation sites is 1. The lowest BCUT2D eigenvalue weighted by atomic mass is 10.2. The van der Waals surface area contributed by atoms with Crippen molar-refractivity contribution < 1.29 is 14.3 Å². The van der Waals surface area contributed by atoms with Gasteiger partial charge in [0.25, 0.3) is 5.91 Å². The zero-order chi connectivity index (χ0) is 16.9. The van der Waals surface area contributed by atoms with Gasteiger partial charge in [-0.1, -0.05) is 29.5 Å². The van der Waals surface area contributed by atoms with Crippen molar-refractivity contribution in [2.45, 2.75) is 0 Å². The van der Waals surface area contributed by atoms with Crippen LogP contribution in [0.15, 0.2) is 48.5 Å². The zero-order valence-electron chi connectivity index (χ0n) is 13.1. The molecule has 0 fully saturated rings. The number of benzene rings is 2. The minimum Gasteiger partial charge on any atom is -0.497 e. The van der Waals surface area contributed by atoms with Crippen molar-refractivity contribution in [3.63, 3.8) is 0 Å². The molecular formula is C17H15N3O3S. The molecule has 1 heterocycles. The smallest absolute Gasteiger partial charge is 0.257 e. The molecule has 2 aromatic carbocycles. The second-order valence-corrected chi connectivity index (χ2v) is 5.78. The number of carbonyl (C=O) groups is 1. The third-order valence-electron chi connectivity index (χ3n) is 3.31. The SMILES string of the molecule is COc1cccc(C(=O)Nc2nnc(-c3ccccc3OC)s2)c1. The molecule has 0 aliphatic heterocycles. The quantitative estimate of drug-likeness (QED) is 0.769. The Morgan fingerprint density at radius 1 is 1.04 bits per heavy atom. The second-order valence-electron chi connectivity index (χ2n) is 4.80. The van der Waals surface area contributed by atoms with Gasteiger partial charge in [0.15, 0.2) is 5.01 Å². The molecular weight excluding hydrogens is 326 g/mol. The Hall–Kier alpha value is -2.93. The Morgan fingerprint density at radius 2 is 1.88 bits per heavy atom. The topological polar surface area (TPSA) is 73.3 Å². The fraction of sp³-hybridized carbons (Fsp3) is 0.118. The van der Waals surface area contributed by atoms with Crippen LogP contribution in [0.3, 0.4) is 0 Å². The highest BCUT2D eigenvalue weighted by Crippen LogP contribution is 2.33. The van der Waals surface area contributed by atoms with E-state index in [4.69, 9.17) is 9.47 Å². The molecule has 6 nitrogen and oxygen atoms in total. The van der Waals surface area contributed by atoms with Crippen LogP contribution in [-0.4, -0.2) is 30.3 Å². The summed E-state index contributed by atoms with van der Waals surface area (Å²) < 4.78 is 10.4. The summed E-state index contributed by atoms with van der Waals surface area (Å²) in [6.07, 6.45) is 0. The van der Waals surface area contributed by atoms with Crippen LogP contribution in [-0.2, 0) is 0 Å². The fourth-order valence-electron chi connectivity index (χ4n) is 2.14. The molecule has 0 saturated heterocycles. The number of hydrogen-bond acceptors (Lipinski definition) is 6. The summed E-state index contributed by atoms with van der Waals surface area (Å²) in [5.41, 5.74) is 1.32. The number of ether oxygens (including phenoxy) is 2. The van der Waals surface area contributed by atoms with Crippen molar-refractivity contribution in [3.8, 4) is 22.1 Å². The van der Waals surface area contributed by atoms with Crippen LogP contribution < -0.4 is 14.8 Å². The maximum atomic E-state index is 12.3. The number of amides is 1. The molecule has 0 aliphatic rings. The van der Waals surface area contributed by atoms with E-state index in [1.807, 2.05) is 24.3 Å². The van der Waals surface area contributed by atoms with Gasteiger partial charge < -0.3 is 9.47 Å². The molecule has 3 rings (SSSR count). The van der Waals surface area contributed by atoms with Gasteiger partial charge in [-0.25, -0.2) is 0 Å². The van der Waals surface area contributed by atoms with Crippen molar-refractivity contribution in [3.05, 3.63) is 54.1 Å². The molecule has 1 N–H and O–H groups in total. The molecule has 0 unspecified atom stereocenters. The first-order valence-electron chi connectivity index (χ1n) is 7.13. The number of anilines is 1. The van der Waals surface area contributed by atoms with Crippen molar-refractivity contribution in [2.75, 3.05) is 19.5 Å². The van der Waals surface area contributed by atoms with E-state index in [9.17, 15) is 4.79 Å². The highest BCUT2D eigenvalue weighted by molar-refractivity contribution is 7.18. The molecule has 1 aromatic heterocycles. The predicted octanol–water partition coefficient (Wildman–Crippen LogP) is 3.47. The Morgan fingerprint density at radius 3 is 2.67 bits per heavy atom. The Labute approximate surface area is 143 Å². The number of nitrogens with one attached hydrogen (secondary N) is 1. The van der Waals surface area contributed by atoms with E-state index in [0.717, 1.165) is 5.56 Å². The summed E-state index contributed by atoms with van der Waals surface area (Å²) in [5, 5.41) is 12.0. The Kier molecular flexibility index (Phi) is 4.72. The number of aromatic nitrogens is 2. The van der Waals surface area contributed by atoms with Gasteiger partial charge >= 0.3 is 0 Å². The predicted molar refractivity (Wildman–Crippen MR) is 92.8 cm³/mol. The van der Waals surface area contributed by atoms with Crippen LogP contribution in [0.25, 0.3) is 10.6 Å². The van der Waals surface area contributed by atoms with Gasteiger partial charge in [0.2, 0.25) is 5.13 Å². The maximum absolute atomic E-state index is 12.3. The first-order chi connectivity index (χ1) is 11.7. The second kappa shape index (κ2) is 7.10. The molecule has 24 heavy (non-hydrogen) atoms. The van der Waals surface area contributed by atoms with E-state index >= 15 is 0 Å². The maximum Gasteiger partial charge on any atom is 0.257 e. The highest BCUT2D eigenvalue weighted by atomic mass is 32.1. The van der Waals surface area contributed by atoms with E-state index in [1.54, 1.807) is 38.5 Å². The summed E-state index contributed by atoms with van der Waals surface area (Å²) in [6.45, 7) is 0. The van der Waals surface area contributed by atoms with Crippen molar-refractivity contribution >= 4 is 22.4 Å². The Balaban J connectivity index is 1.80. The lowest BCUT2D eigenvalue weighted by Crippen LogP contribution is -2.11. The minimum atomic E-state index is -0.267. The van der Waals surface area contributed by atoms with Gasteiger partial charge in [-0.3, -0.25) is 10.1 Å². The van der Waals surface area contributed by atoms with Crippen LogP contribution >= 0.6 is 11.3 Å². The van der Waals surface area contributed by atoms with Gasteiger partial charge in [-0.2, -0.15) is 0 Å². The third kappa shape index (κ3) is 3.36. The molecule has 1 amide bonds. The minimum absolute atomic E-state index is 0.267. The van der Waals surface area contributed by atoms with Gasteiger partial charge in [0, 0.05) is 5.56 Å². The van der Waals surface area contributed by atoms with E-state index < -0.39 is 0 Å². The number of methoxy groups -OCH3 is 2. The van der Waals surface area contributed by atoms with Crippen LogP contribution in [0.4, 0.5) is 5.13 Å². The van der Waals surface area contributed by atoms with E-state index in [0.29, 0.717) is 27.2 Å². The molecule has 0 saturated carbocycles. The standard InChI is InChI=1S/C17H15N3O3S/c1-22-12-7-5-6-11(10-12)15(21)18-17-20-19-16(24-17)13-8-3-4-9-14(13)23-2/h3-10H,1-2H3,(H,18,20,21). The van der Waals surface area contributed by atoms with Crippen LogP contribution in [0, 0.1) is 0 Å². The molecule has 0 bridgehead atoms. The highest BCUT2D eigenvalue weighted by Gasteiger charge is 2.14. The first kappa shape index (κ1) is 15.9. The van der Waals surface area contributed by atoms with E-state index in [1.165, 1.54) is 11.3 Å². The summed E-state index contributed by atoms with van der Waals surface area (Å²) in [6, 6.07) is 14.4. The molecule has 7 heteroatoms. The Bertz CT molecular complexity index is 864. The van der Waals surface area contributed by atoms with Crippen molar-refractivity contribution in [1.82, 2.24) is 10.2 Å². The average molecular weight is 341 g/mol. The number of rotatable bonds is 5. The van der Waals surface area contributed by atoms with Crippen molar-refractivity contribution in [2.24, 2.45) is 0 Å². The van der Waals surface area contributed by atoms with E-state index in [2.05, 4.69) is 15.5 Å². The lowest BCUT2D eigenvalue weighted by Gasteiger charge is -2.04. The fourth-order valence-corrected chi connectivity index (χ4v) is 2.91. The molecule has 0 atom stereocenters. The largest absolute Gasteiger partial charge is 0.497 e. The molecule has 122 valence electrons. The molecule has 0 radical (unpaired) electrons. The van der Waals surface area contributed by atoms with Gasteiger partial charge in [-0.15, -0.1) is 10.2 Å². The van der Waals surface area contributed by atoms with Crippen LogP contribution in [0.1, 0.15) is 10.4 Å². The van der Waals surface area contributed by atoms with Gasteiger partial charge in [0.05, 0.1) is 19.8 Å². The molecule has 3 aromatic rings. The normalized spacial score (nSPS) is 10.2. The molecule has 0 aliphatic carbocycles. The van der Waals surface area contributed by atoms with Crippen molar-refractivity contribution in [1.29, 1.82) is 0 Å². The summed E-state index contributed by atoms with van der Waals surface area (Å²) in [4.78, 5) is 12.3. The lowest BCUT2D eigenvalue weighted by molar-refractivity contribution is 0.102. The summed E-state index contributed by atoms with van der Waals surface area (Å²) >= 11 is 1.28. The zero-order valence-corrected chi connectivity index (χ0v) is 14.0. The van der Waals surface area contributed by atoms with Crippen LogP contribution in [0.2, 0.25) is 0 Å². The number of hydrogen-bond donors (Lipinski definition) is 1. The van der Waals surface area contributed by atoms with E-state index in [-0.39, 0.29) is 5.91 Å². The first-order valence-corrected chi connectivity index (χ1v) is 7.95. The third-order valence-corrected chi connectivity index (χ3v) is 4.19. The van der Waals surface area contributed by atoms with Gasteiger partial charge in [0.1, 0.15) is 11.5 Å². The van der Waals surface area contributed by atoms with Gasteiger partial charge in [-0.05, 0) is 30.3 Å². The average Bonchev–Trinajstić information content (AvgIpc) is 3.10. The monoisotopic (exact) mass is 341 g/mol. The summed E-state index contributed by atoms with van der Waals surface area (Å²) in [5.74, 6) is 1.06. The summed E-state index contributed by atoms with van der Waals surface area (Å²) in [7, 11) is 3.16. The molecule has 0 spiro atoms. The van der Waals surface area contributed by atoms with Crippen LogP contribution in [0.5, 0.6) is 11.5 Å². The number of carbonyl (C=O) groups excluding carboxylic acids is 1.